The van der Waals surface area contributed by atoms with Gasteiger partial charge < -0.3 is 4.79 Å². The van der Waals surface area contributed by atoms with Gasteiger partial charge in [0, 0.05) is 5.92 Å². The van der Waals surface area contributed by atoms with Crippen LogP contribution >= 0.6 is 16.9 Å². The van der Waals surface area contributed by atoms with Crippen molar-refractivity contribution in [2.75, 3.05) is 0 Å². The maximum atomic E-state index is 10.3. The van der Waals surface area contributed by atoms with Crippen molar-refractivity contribution in [2.24, 2.45) is 11.8 Å². The molecule has 1 saturated carbocycles. The Kier molecular flexibility index (Phi) is 2.64. The van der Waals surface area contributed by atoms with Crippen molar-refractivity contribution in [2.45, 2.75) is 11.8 Å². The molecule has 1 aliphatic carbocycles. The molecule has 0 radical (unpaired) electrons. The van der Waals surface area contributed by atoms with Crippen LogP contribution in [0.3, 0.4) is 0 Å². The van der Waals surface area contributed by atoms with E-state index in [1.165, 1.54) is 0 Å². The molecule has 0 aromatic rings. The lowest BCUT2D eigenvalue weighted by atomic mass is 10.4. The van der Waals surface area contributed by atoms with E-state index in [4.69, 9.17) is 0 Å². The Morgan fingerprint density at radius 2 is 2.00 bits per heavy atom. The largest absolute Gasteiger partial charge is 0.303 e. The maximum absolute atomic E-state index is 10.3. The molecule has 0 spiro atoms. The van der Waals surface area contributed by atoms with E-state index < -0.39 is 0 Å². The van der Waals surface area contributed by atoms with Gasteiger partial charge >= 0.3 is 0 Å². The molecule has 2 unspecified atom stereocenters. The zero-order chi connectivity index (χ0) is 7.56. The Balaban J connectivity index is 2.43. The molecule has 1 rings (SSSR count). The van der Waals surface area contributed by atoms with Gasteiger partial charge in [0.05, 0.1) is 0 Å². The van der Waals surface area contributed by atoms with E-state index in [1.807, 2.05) is 0 Å². The standard InChI is InChI=1S/C5H6O3P2/c6-2-3-1-4(3)5(9-7)10-8/h2-5H,1H2. The number of carbonyl (C=O) groups excluding carboxylic acids is 1. The molecule has 0 heterocycles. The van der Waals surface area contributed by atoms with E-state index in [1.54, 1.807) is 0 Å². The highest BCUT2D eigenvalue weighted by Crippen LogP contribution is 2.47. The zero-order valence-corrected chi connectivity index (χ0v) is 6.92. The quantitative estimate of drug-likeness (QED) is 0.484. The van der Waals surface area contributed by atoms with Gasteiger partial charge in [0.15, 0.2) is 16.9 Å². The minimum Gasteiger partial charge on any atom is -0.303 e. The molecule has 10 heavy (non-hydrogen) atoms. The summed E-state index contributed by atoms with van der Waals surface area (Å²) in [6.07, 6.45) is 1.59. The van der Waals surface area contributed by atoms with Crippen LogP contribution in [0.15, 0.2) is 0 Å². The minimum atomic E-state index is -0.352. The molecule has 0 bridgehead atoms. The van der Waals surface area contributed by atoms with Gasteiger partial charge in [0.1, 0.15) is 11.7 Å². The second-order valence-corrected chi connectivity index (χ2v) is 4.27. The van der Waals surface area contributed by atoms with Crippen molar-refractivity contribution in [3.8, 4) is 0 Å². The lowest BCUT2D eigenvalue weighted by molar-refractivity contribution is -0.109. The number of aldehydes is 1. The molecule has 0 aromatic heterocycles. The summed E-state index contributed by atoms with van der Waals surface area (Å²) in [5, 5.41) is -0.352. The Hall–Kier alpha value is -0.130. The van der Waals surface area contributed by atoms with Crippen LogP contribution in [0.1, 0.15) is 6.42 Å². The Bertz CT molecular complexity index is 162. The molecule has 0 aromatic carbocycles. The number of carbonyl (C=O) groups is 1. The Morgan fingerprint density at radius 3 is 2.30 bits per heavy atom. The van der Waals surface area contributed by atoms with Crippen molar-refractivity contribution in [3.05, 3.63) is 0 Å². The third kappa shape index (κ3) is 1.47. The monoisotopic (exact) mass is 176 g/mol. The summed E-state index contributed by atoms with van der Waals surface area (Å²) < 4.78 is 20.5. The molecule has 0 aliphatic heterocycles. The molecule has 5 heteroatoms. The van der Waals surface area contributed by atoms with Gasteiger partial charge in [-0.3, -0.25) is 9.13 Å². The maximum Gasteiger partial charge on any atom is 0.171 e. The molecule has 2 atom stereocenters. The minimum absolute atomic E-state index is 0.00731. The number of rotatable bonds is 4. The zero-order valence-electron chi connectivity index (χ0n) is 5.14. The van der Waals surface area contributed by atoms with Crippen molar-refractivity contribution in [3.63, 3.8) is 0 Å². The highest BCUT2D eigenvalue weighted by Gasteiger charge is 2.43. The first-order valence-electron chi connectivity index (χ1n) is 2.93. The second-order valence-electron chi connectivity index (χ2n) is 2.32. The van der Waals surface area contributed by atoms with E-state index in [2.05, 4.69) is 0 Å². The van der Waals surface area contributed by atoms with E-state index >= 15 is 0 Å². The third-order valence-electron chi connectivity index (χ3n) is 1.66. The first kappa shape index (κ1) is 7.97. The van der Waals surface area contributed by atoms with Crippen molar-refractivity contribution < 1.29 is 13.9 Å². The van der Waals surface area contributed by atoms with Gasteiger partial charge in [-0.05, 0) is 12.3 Å². The topological polar surface area (TPSA) is 51.2 Å². The lowest BCUT2D eigenvalue weighted by Crippen LogP contribution is -1.93. The van der Waals surface area contributed by atoms with Crippen LogP contribution in [0.2, 0.25) is 0 Å². The molecular weight excluding hydrogens is 170 g/mol. The molecule has 0 N–H and O–H groups in total. The SMILES string of the molecule is O=CC1CC1C(P=O)P=O. The van der Waals surface area contributed by atoms with Gasteiger partial charge in [0.25, 0.3) is 0 Å². The van der Waals surface area contributed by atoms with Gasteiger partial charge in [0.2, 0.25) is 0 Å². The van der Waals surface area contributed by atoms with Crippen LogP contribution in [0.4, 0.5) is 0 Å². The lowest BCUT2D eigenvalue weighted by Gasteiger charge is -1.91. The highest BCUT2D eigenvalue weighted by molar-refractivity contribution is 7.44. The van der Waals surface area contributed by atoms with E-state index in [0.717, 1.165) is 12.7 Å². The van der Waals surface area contributed by atoms with Crippen molar-refractivity contribution in [1.29, 1.82) is 0 Å². The van der Waals surface area contributed by atoms with Gasteiger partial charge in [-0.1, -0.05) is 0 Å². The van der Waals surface area contributed by atoms with Gasteiger partial charge in [-0.15, -0.1) is 0 Å². The average molecular weight is 176 g/mol. The van der Waals surface area contributed by atoms with Crippen LogP contribution in [-0.2, 0) is 13.9 Å². The Morgan fingerprint density at radius 1 is 1.40 bits per heavy atom. The second kappa shape index (κ2) is 3.32. The normalized spacial score (nSPS) is 34.0. The van der Waals surface area contributed by atoms with Crippen molar-refractivity contribution >= 4 is 23.2 Å². The molecule has 1 aliphatic rings. The fourth-order valence-corrected chi connectivity index (χ4v) is 2.06. The number of hydrogen-bond donors (Lipinski definition) is 0. The van der Waals surface area contributed by atoms with Gasteiger partial charge in [-0.25, -0.2) is 0 Å². The van der Waals surface area contributed by atoms with E-state index in [9.17, 15) is 13.9 Å². The average Bonchev–Trinajstić information content (AvgIpc) is 2.70. The summed E-state index contributed by atoms with van der Waals surface area (Å²) in [4.78, 5) is 10.1. The van der Waals surface area contributed by atoms with Crippen LogP contribution in [-0.4, -0.2) is 11.7 Å². The van der Waals surface area contributed by atoms with Gasteiger partial charge in [-0.2, -0.15) is 0 Å². The molecule has 54 valence electrons. The fourth-order valence-electron chi connectivity index (χ4n) is 0.911. The van der Waals surface area contributed by atoms with Crippen LogP contribution in [0.25, 0.3) is 0 Å². The molecule has 0 amide bonds. The summed E-state index contributed by atoms with van der Waals surface area (Å²) in [5.74, 6) is 0.101. The fraction of sp³-hybridized carbons (Fsp3) is 0.800. The first-order valence-corrected chi connectivity index (χ1v) is 4.70. The summed E-state index contributed by atoms with van der Waals surface area (Å²) >= 11 is 0. The highest BCUT2D eigenvalue weighted by atomic mass is 31.1. The number of hydrogen-bond acceptors (Lipinski definition) is 3. The van der Waals surface area contributed by atoms with Crippen LogP contribution < -0.4 is 0 Å². The summed E-state index contributed by atoms with van der Waals surface area (Å²) in [6.45, 7) is 0. The summed E-state index contributed by atoms with van der Waals surface area (Å²) in [7, 11) is -0.227. The van der Waals surface area contributed by atoms with Crippen molar-refractivity contribution in [1.82, 2.24) is 0 Å². The Labute approximate surface area is 61.6 Å². The predicted octanol–water partition coefficient (Wildman–Crippen LogP) is 1.73. The molecular formula is C5H6O3P2. The van der Waals surface area contributed by atoms with E-state index in [-0.39, 0.29) is 34.2 Å². The summed E-state index contributed by atoms with van der Waals surface area (Å²) in [5.41, 5.74) is 0. The molecule has 3 nitrogen and oxygen atoms in total. The smallest absolute Gasteiger partial charge is 0.171 e. The molecule has 1 fully saturated rings. The van der Waals surface area contributed by atoms with Crippen LogP contribution in [0.5, 0.6) is 0 Å². The third-order valence-corrected chi connectivity index (χ3v) is 3.43. The predicted molar refractivity (Wildman–Crippen MR) is 36.7 cm³/mol. The molecule has 0 saturated heterocycles. The first-order chi connectivity index (χ1) is 4.83. The van der Waals surface area contributed by atoms with E-state index in [0.29, 0.717) is 0 Å². The van der Waals surface area contributed by atoms with Crippen LogP contribution in [0, 0.1) is 11.8 Å². The summed E-state index contributed by atoms with van der Waals surface area (Å²) in [6, 6.07) is 0.